The van der Waals surface area contributed by atoms with E-state index in [1.165, 1.54) is 50.3 Å². The maximum Gasteiger partial charge on any atom is 0.0449 e. The summed E-state index contributed by atoms with van der Waals surface area (Å²) in [5.74, 6) is 0.541. The predicted octanol–water partition coefficient (Wildman–Crippen LogP) is 8.67. The smallest absolute Gasteiger partial charge is 0.0449 e. The summed E-state index contributed by atoms with van der Waals surface area (Å²) in [6, 6.07) is 20.7. The molecule has 0 heterocycles. The Morgan fingerprint density at radius 3 is 2.00 bits per heavy atom. The molecule has 0 fully saturated rings. The van der Waals surface area contributed by atoms with Gasteiger partial charge in [0.15, 0.2) is 0 Å². The monoisotopic (exact) mass is 411 g/mol. The number of benzene rings is 3. The normalized spacial score (nSPS) is 14.5. The number of hydrogen-bond acceptors (Lipinski definition) is 1. The average Bonchev–Trinajstić information content (AvgIpc) is 2.89. The SMILES string of the molecule is Cc1ccccc1N(c1cc2c(cc1C)-c1ccc(C(C)C)cc1C2(C)C)C(C)(C)C. The van der Waals surface area contributed by atoms with Crippen LogP contribution in [-0.2, 0) is 5.41 Å². The van der Waals surface area contributed by atoms with Crippen molar-refractivity contribution in [3.8, 4) is 11.1 Å². The molecule has 0 bridgehead atoms. The van der Waals surface area contributed by atoms with Gasteiger partial charge in [0.25, 0.3) is 0 Å². The van der Waals surface area contributed by atoms with Crippen LogP contribution in [-0.4, -0.2) is 5.54 Å². The van der Waals surface area contributed by atoms with Crippen LogP contribution in [0.5, 0.6) is 0 Å². The highest BCUT2D eigenvalue weighted by molar-refractivity contribution is 5.85. The van der Waals surface area contributed by atoms with Gasteiger partial charge in [0.1, 0.15) is 0 Å². The van der Waals surface area contributed by atoms with E-state index >= 15 is 0 Å². The van der Waals surface area contributed by atoms with Crippen molar-refractivity contribution in [1.29, 1.82) is 0 Å². The summed E-state index contributed by atoms with van der Waals surface area (Å²) in [6.45, 7) is 20.7. The molecule has 0 atom stereocenters. The molecule has 3 aromatic carbocycles. The predicted molar refractivity (Wildman–Crippen MR) is 136 cm³/mol. The fraction of sp³-hybridized carbons (Fsp3) is 0.400. The Morgan fingerprint density at radius 1 is 0.742 bits per heavy atom. The van der Waals surface area contributed by atoms with Crippen molar-refractivity contribution in [2.45, 2.75) is 79.2 Å². The largest absolute Gasteiger partial charge is 0.336 e. The van der Waals surface area contributed by atoms with Crippen molar-refractivity contribution in [3.05, 3.63) is 82.4 Å². The molecule has 4 rings (SSSR count). The molecule has 1 aliphatic rings. The summed E-state index contributed by atoms with van der Waals surface area (Å²) >= 11 is 0. The van der Waals surface area contributed by atoms with Crippen LogP contribution in [0.3, 0.4) is 0 Å². The van der Waals surface area contributed by atoms with E-state index in [0.29, 0.717) is 5.92 Å². The Bertz CT molecular complexity index is 1140. The minimum Gasteiger partial charge on any atom is -0.336 e. The number of nitrogens with zero attached hydrogens (tertiary/aromatic N) is 1. The lowest BCUT2D eigenvalue weighted by molar-refractivity contribution is 0.557. The molecule has 0 aliphatic heterocycles. The zero-order valence-electron chi connectivity index (χ0n) is 20.7. The van der Waals surface area contributed by atoms with Crippen LogP contribution in [0, 0.1) is 13.8 Å². The van der Waals surface area contributed by atoms with Crippen LogP contribution in [0.1, 0.15) is 82.2 Å². The lowest BCUT2D eigenvalue weighted by Gasteiger charge is -2.40. The summed E-state index contributed by atoms with van der Waals surface area (Å²) in [4.78, 5) is 2.52. The van der Waals surface area contributed by atoms with Crippen molar-refractivity contribution >= 4 is 11.4 Å². The fourth-order valence-electron chi connectivity index (χ4n) is 5.16. The molecule has 162 valence electrons. The first kappa shape index (κ1) is 21.7. The molecule has 0 radical (unpaired) electrons. The van der Waals surface area contributed by atoms with E-state index in [0.717, 1.165) is 0 Å². The van der Waals surface area contributed by atoms with Crippen molar-refractivity contribution in [2.24, 2.45) is 0 Å². The van der Waals surface area contributed by atoms with Crippen LogP contribution < -0.4 is 4.90 Å². The average molecular weight is 412 g/mol. The first-order chi connectivity index (χ1) is 14.4. The number of aryl methyl sites for hydroxylation is 2. The number of rotatable bonds is 3. The Labute approximate surface area is 189 Å². The maximum atomic E-state index is 2.52. The maximum absolute atomic E-state index is 2.52. The van der Waals surface area contributed by atoms with E-state index in [1.54, 1.807) is 0 Å². The molecule has 0 saturated carbocycles. The second kappa shape index (κ2) is 7.26. The molecule has 0 N–H and O–H groups in total. The topological polar surface area (TPSA) is 3.24 Å². The van der Waals surface area contributed by atoms with Gasteiger partial charge in [-0.3, -0.25) is 0 Å². The quantitative estimate of drug-likeness (QED) is 0.417. The molecule has 0 saturated heterocycles. The zero-order chi connectivity index (χ0) is 22.7. The molecule has 3 aromatic rings. The Hall–Kier alpha value is -2.54. The third-order valence-electron chi connectivity index (χ3n) is 6.95. The fourth-order valence-corrected chi connectivity index (χ4v) is 5.16. The zero-order valence-corrected chi connectivity index (χ0v) is 20.7. The van der Waals surface area contributed by atoms with Crippen LogP contribution in [0.4, 0.5) is 11.4 Å². The Balaban J connectivity index is 1.94. The summed E-state index contributed by atoms with van der Waals surface area (Å²) in [5, 5.41) is 0. The van der Waals surface area contributed by atoms with Gasteiger partial charge in [-0.1, -0.05) is 64.1 Å². The molecule has 1 heteroatoms. The van der Waals surface area contributed by atoms with Gasteiger partial charge in [0.05, 0.1) is 0 Å². The summed E-state index contributed by atoms with van der Waals surface area (Å²) in [6.07, 6.45) is 0. The van der Waals surface area contributed by atoms with E-state index in [9.17, 15) is 0 Å². The molecule has 0 aromatic heterocycles. The Kier molecular flexibility index (Phi) is 5.08. The standard InChI is InChI=1S/C30H37N/c1-19(2)22-14-15-23-24-16-21(4)28(18-26(24)30(8,9)25(23)17-22)31(29(5,6)7)27-13-11-10-12-20(27)3/h10-19H,1-9H3. The number of para-hydroxylation sites is 1. The van der Waals surface area contributed by atoms with E-state index < -0.39 is 0 Å². The third-order valence-corrected chi connectivity index (χ3v) is 6.95. The second-order valence-electron chi connectivity index (χ2n) is 11.1. The molecular formula is C30H37N. The third kappa shape index (κ3) is 3.49. The van der Waals surface area contributed by atoms with Crippen molar-refractivity contribution < 1.29 is 0 Å². The molecule has 1 nitrogen and oxygen atoms in total. The van der Waals surface area contributed by atoms with Crippen molar-refractivity contribution in [2.75, 3.05) is 4.90 Å². The molecule has 0 amide bonds. The van der Waals surface area contributed by atoms with Crippen LogP contribution in [0.2, 0.25) is 0 Å². The van der Waals surface area contributed by atoms with Gasteiger partial charge in [0.2, 0.25) is 0 Å². The number of anilines is 2. The van der Waals surface area contributed by atoms with Crippen LogP contribution in [0.15, 0.2) is 54.6 Å². The minimum absolute atomic E-state index is 0.00664. The molecule has 0 unspecified atom stereocenters. The van der Waals surface area contributed by atoms with Crippen molar-refractivity contribution in [1.82, 2.24) is 0 Å². The van der Waals surface area contributed by atoms with Gasteiger partial charge in [-0.25, -0.2) is 0 Å². The lowest BCUT2D eigenvalue weighted by atomic mass is 9.80. The van der Waals surface area contributed by atoms with Gasteiger partial charge >= 0.3 is 0 Å². The van der Waals surface area contributed by atoms with E-state index in [4.69, 9.17) is 0 Å². The van der Waals surface area contributed by atoms with E-state index in [1.807, 2.05) is 0 Å². The molecule has 31 heavy (non-hydrogen) atoms. The van der Waals surface area contributed by atoms with E-state index in [2.05, 4.69) is 122 Å². The summed E-state index contributed by atoms with van der Waals surface area (Å²) in [7, 11) is 0. The second-order valence-corrected chi connectivity index (χ2v) is 11.1. The van der Waals surface area contributed by atoms with Crippen LogP contribution >= 0.6 is 0 Å². The first-order valence-corrected chi connectivity index (χ1v) is 11.6. The number of fused-ring (bicyclic) bond motifs is 3. The molecular weight excluding hydrogens is 374 g/mol. The van der Waals surface area contributed by atoms with Crippen molar-refractivity contribution in [3.63, 3.8) is 0 Å². The van der Waals surface area contributed by atoms with Gasteiger partial charge in [-0.2, -0.15) is 0 Å². The highest BCUT2D eigenvalue weighted by atomic mass is 15.2. The highest BCUT2D eigenvalue weighted by Crippen LogP contribution is 2.52. The number of hydrogen-bond donors (Lipinski definition) is 0. The van der Waals surface area contributed by atoms with Gasteiger partial charge in [-0.15, -0.1) is 0 Å². The van der Waals surface area contributed by atoms with Crippen LogP contribution in [0.25, 0.3) is 11.1 Å². The first-order valence-electron chi connectivity index (χ1n) is 11.6. The van der Waals surface area contributed by atoms with Gasteiger partial charge in [-0.05, 0) is 97.7 Å². The Morgan fingerprint density at radius 2 is 1.39 bits per heavy atom. The highest BCUT2D eigenvalue weighted by Gasteiger charge is 2.37. The molecule has 1 aliphatic carbocycles. The minimum atomic E-state index is -0.0362. The lowest BCUT2D eigenvalue weighted by Crippen LogP contribution is -2.38. The molecule has 0 spiro atoms. The summed E-state index contributed by atoms with van der Waals surface area (Å²) < 4.78 is 0. The van der Waals surface area contributed by atoms with Gasteiger partial charge < -0.3 is 4.90 Å². The van der Waals surface area contributed by atoms with E-state index in [-0.39, 0.29) is 11.0 Å². The summed E-state index contributed by atoms with van der Waals surface area (Å²) in [5.41, 5.74) is 12.3. The van der Waals surface area contributed by atoms with Gasteiger partial charge in [0, 0.05) is 22.3 Å².